The predicted molar refractivity (Wildman–Crippen MR) is 123 cm³/mol. The molecule has 7 nitrogen and oxygen atoms in total. The Kier molecular flexibility index (Phi) is 6.36. The minimum atomic E-state index is -0.144. The molecule has 1 fully saturated rings. The second-order valence-electron chi connectivity index (χ2n) is 8.34. The lowest BCUT2D eigenvalue weighted by Gasteiger charge is -2.38. The number of furan rings is 1. The zero-order valence-corrected chi connectivity index (χ0v) is 18.5. The molecule has 0 radical (unpaired) electrons. The predicted octanol–water partition coefficient (Wildman–Crippen LogP) is 4.35. The number of hydrogen-bond donors (Lipinski definition) is 1. The lowest BCUT2D eigenvalue weighted by molar-refractivity contribution is 0.115. The van der Waals surface area contributed by atoms with Crippen molar-refractivity contribution in [2.45, 2.75) is 32.0 Å². The zero-order chi connectivity index (χ0) is 22.5. The number of nitrogens with zero attached hydrogens (tertiary/aromatic N) is 2. The Balaban J connectivity index is 1.25. The fourth-order valence-electron chi connectivity index (χ4n) is 4.38. The molecule has 2 amide bonds. The molecule has 3 heterocycles. The molecule has 0 unspecified atom stereocenters. The maximum Gasteiger partial charge on any atom is 0.322 e. The molecule has 33 heavy (non-hydrogen) atoms. The number of carbonyl (C=O) groups excluding carboxylic acids is 1. The van der Waals surface area contributed by atoms with Gasteiger partial charge in [0.05, 0.1) is 12.8 Å². The number of fused-ring (bicyclic) bond motifs is 1. The van der Waals surface area contributed by atoms with Crippen LogP contribution < -0.4 is 14.8 Å². The van der Waals surface area contributed by atoms with Crippen LogP contribution in [-0.2, 0) is 13.1 Å². The molecule has 7 heteroatoms. The fourth-order valence-corrected chi connectivity index (χ4v) is 4.38. The molecule has 2 aromatic carbocycles. The van der Waals surface area contributed by atoms with Gasteiger partial charge in [-0.3, -0.25) is 4.90 Å². The van der Waals surface area contributed by atoms with Gasteiger partial charge in [0.1, 0.15) is 19.0 Å². The normalized spacial score (nSPS) is 16.1. The summed E-state index contributed by atoms with van der Waals surface area (Å²) in [7, 11) is 0. The standard InChI is InChI=1S/C26H27N3O4/c30-26(27-21-8-9-24-25(17-21)33-16-15-32-24)29(19-23-7-4-14-31-23)22-10-12-28(13-11-22)18-20-5-2-1-3-6-20/h2,4-9,14,17,22H,10-13,15-16,18-19H2,(H,27,30). The molecule has 2 aliphatic heterocycles. The molecule has 0 aliphatic carbocycles. The summed E-state index contributed by atoms with van der Waals surface area (Å²) in [6.07, 6.45) is 3.44. The maximum atomic E-state index is 13.4. The van der Waals surface area contributed by atoms with Gasteiger partial charge in [-0.15, -0.1) is 0 Å². The average molecular weight is 446 g/mol. The number of likely N-dealkylation sites (tertiary alicyclic amines) is 1. The van der Waals surface area contributed by atoms with E-state index < -0.39 is 0 Å². The van der Waals surface area contributed by atoms with Crippen LogP contribution in [0.15, 0.2) is 59.2 Å². The zero-order valence-electron chi connectivity index (χ0n) is 18.5. The molecule has 170 valence electrons. The Bertz CT molecular complexity index is 1050. The highest BCUT2D eigenvalue weighted by atomic mass is 16.6. The first-order valence-electron chi connectivity index (χ1n) is 11.3. The van der Waals surface area contributed by atoms with E-state index >= 15 is 0 Å². The monoisotopic (exact) mass is 445 g/mol. The van der Waals surface area contributed by atoms with Crippen LogP contribution in [0, 0.1) is 12.1 Å². The van der Waals surface area contributed by atoms with Gasteiger partial charge in [-0.2, -0.15) is 0 Å². The first-order chi connectivity index (χ1) is 16.2. The van der Waals surface area contributed by atoms with Crippen molar-refractivity contribution in [3.05, 3.63) is 78.3 Å². The summed E-state index contributed by atoms with van der Waals surface area (Å²) in [6, 6.07) is 21.1. The lowest BCUT2D eigenvalue weighted by atomic mass is 10.0. The van der Waals surface area contributed by atoms with E-state index in [1.165, 1.54) is 5.56 Å². The van der Waals surface area contributed by atoms with Gasteiger partial charge < -0.3 is 24.1 Å². The number of carbonyl (C=O) groups is 1. The third-order valence-electron chi connectivity index (χ3n) is 6.09. The van der Waals surface area contributed by atoms with Crippen molar-refractivity contribution in [1.82, 2.24) is 9.80 Å². The minimum Gasteiger partial charge on any atom is -0.486 e. The second-order valence-corrected chi connectivity index (χ2v) is 8.34. The molecule has 1 N–H and O–H groups in total. The Morgan fingerprint density at radius 3 is 2.70 bits per heavy atom. The summed E-state index contributed by atoms with van der Waals surface area (Å²) >= 11 is 0. The molecular weight excluding hydrogens is 418 g/mol. The summed E-state index contributed by atoms with van der Waals surface area (Å²) in [4.78, 5) is 17.7. The molecule has 2 aliphatic rings. The molecule has 1 saturated heterocycles. The van der Waals surface area contributed by atoms with Crippen molar-refractivity contribution in [2.24, 2.45) is 0 Å². The average Bonchev–Trinajstić information content (AvgIpc) is 3.37. The number of urea groups is 1. The van der Waals surface area contributed by atoms with Gasteiger partial charge in [0.25, 0.3) is 0 Å². The first kappa shape index (κ1) is 21.2. The van der Waals surface area contributed by atoms with Crippen molar-refractivity contribution in [3.63, 3.8) is 0 Å². The third kappa shape index (κ3) is 5.24. The highest BCUT2D eigenvalue weighted by Gasteiger charge is 2.29. The van der Waals surface area contributed by atoms with E-state index in [1.54, 1.807) is 6.26 Å². The summed E-state index contributed by atoms with van der Waals surface area (Å²) < 4.78 is 16.8. The lowest BCUT2D eigenvalue weighted by Crippen LogP contribution is -2.48. The smallest absolute Gasteiger partial charge is 0.322 e. The van der Waals surface area contributed by atoms with Crippen LogP contribution in [0.3, 0.4) is 0 Å². The molecule has 0 spiro atoms. The van der Waals surface area contributed by atoms with Gasteiger partial charge in [-0.05, 0) is 60.9 Å². The van der Waals surface area contributed by atoms with Crippen molar-refractivity contribution in [2.75, 3.05) is 31.6 Å². The van der Waals surface area contributed by atoms with Gasteiger partial charge in [0.2, 0.25) is 0 Å². The summed E-state index contributed by atoms with van der Waals surface area (Å²) in [6.45, 7) is 4.21. The van der Waals surface area contributed by atoms with Crippen LogP contribution in [0.5, 0.6) is 11.5 Å². The number of amides is 2. The van der Waals surface area contributed by atoms with Gasteiger partial charge in [-0.25, -0.2) is 4.79 Å². The largest absolute Gasteiger partial charge is 0.486 e. The summed E-state index contributed by atoms with van der Waals surface area (Å²) in [5, 5.41) is 3.04. The second kappa shape index (κ2) is 9.88. The number of anilines is 1. The van der Waals surface area contributed by atoms with Crippen LogP contribution in [0.2, 0.25) is 0 Å². The molecule has 0 atom stereocenters. The Morgan fingerprint density at radius 2 is 1.94 bits per heavy atom. The van der Waals surface area contributed by atoms with E-state index in [0.717, 1.165) is 38.2 Å². The van der Waals surface area contributed by atoms with E-state index in [0.29, 0.717) is 36.9 Å². The number of piperidine rings is 1. The maximum absolute atomic E-state index is 13.4. The van der Waals surface area contributed by atoms with Crippen molar-refractivity contribution in [1.29, 1.82) is 0 Å². The number of nitrogens with one attached hydrogen (secondary N) is 1. The van der Waals surface area contributed by atoms with Crippen LogP contribution in [0.25, 0.3) is 0 Å². The van der Waals surface area contributed by atoms with Crippen molar-refractivity contribution >= 4 is 11.7 Å². The Labute approximate surface area is 193 Å². The molecule has 5 rings (SSSR count). The molecule has 0 bridgehead atoms. The SMILES string of the molecule is O=C(Nc1ccc2c(c1)OCCO2)N(Cc1ccco1)C1CCN(Cc2cc#ccc2)CC1. The van der Waals surface area contributed by atoms with Crippen LogP contribution >= 0.6 is 0 Å². The van der Waals surface area contributed by atoms with Gasteiger partial charge >= 0.3 is 6.03 Å². The molecule has 0 saturated carbocycles. The van der Waals surface area contributed by atoms with E-state index in [2.05, 4.69) is 28.4 Å². The van der Waals surface area contributed by atoms with Gasteiger partial charge in [0, 0.05) is 37.4 Å². The number of benzene rings is 1. The summed E-state index contributed by atoms with van der Waals surface area (Å²) in [5.41, 5.74) is 1.92. The molecular formula is C26H27N3O4. The fraction of sp³-hybridized carbons (Fsp3) is 0.346. The highest BCUT2D eigenvalue weighted by molar-refractivity contribution is 5.90. The summed E-state index contributed by atoms with van der Waals surface area (Å²) in [5.74, 6) is 2.12. The topological polar surface area (TPSA) is 67.2 Å². The molecule has 3 aromatic rings. The number of hydrogen-bond acceptors (Lipinski definition) is 5. The first-order valence-corrected chi connectivity index (χ1v) is 11.3. The van der Waals surface area contributed by atoms with E-state index in [4.69, 9.17) is 13.9 Å². The van der Waals surface area contributed by atoms with Gasteiger partial charge in [-0.1, -0.05) is 12.1 Å². The Morgan fingerprint density at radius 1 is 1.09 bits per heavy atom. The van der Waals surface area contributed by atoms with Crippen molar-refractivity contribution < 1.29 is 18.7 Å². The van der Waals surface area contributed by atoms with Crippen LogP contribution in [0.1, 0.15) is 24.2 Å². The van der Waals surface area contributed by atoms with Crippen LogP contribution in [-0.4, -0.2) is 48.2 Å². The van der Waals surface area contributed by atoms with E-state index in [1.807, 2.05) is 47.4 Å². The van der Waals surface area contributed by atoms with E-state index in [9.17, 15) is 4.79 Å². The van der Waals surface area contributed by atoms with Crippen molar-refractivity contribution in [3.8, 4) is 11.5 Å². The van der Waals surface area contributed by atoms with Gasteiger partial charge in [0.15, 0.2) is 11.5 Å². The molecule has 1 aromatic heterocycles. The number of rotatable bonds is 6. The third-order valence-corrected chi connectivity index (χ3v) is 6.09. The van der Waals surface area contributed by atoms with E-state index in [-0.39, 0.29) is 12.1 Å². The highest BCUT2D eigenvalue weighted by Crippen LogP contribution is 2.33. The van der Waals surface area contributed by atoms with Crippen LogP contribution in [0.4, 0.5) is 10.5 Å². The quantitative estimate of drug-likeness (QED) is 0.611. The Hall–Kier alpha value is -3.63. The minimum absolute atomic E-state index is 0.124. The number of ether oxygens (including phenoxy) is 2.